The minimum absolute atomic E-state index is 0.133. The number of piperidine rings is 1. The Bertz CT molecular complexity index is 433. The summed E-state index contributed by atoms with van der Waals surface area (Å²) >= 11 is 0. The van der Waals surface area contributed by atoms with Crippen LogP contribution in [0.2, 0.25) is 0 Å². The van der Waals surface area contributed by atoms with Gasteiger partial charge in [0.15, 0.2) is 0 Å². The zero-order chi connectivity index (χ0) is 15.2. The molecule has 3 rings (SSSR count). The number of hydrogen-bond acceptors (Lipinski definition) is 2. The molecule has 2 fully saturated rings. The fraction of sp³-hybridized carbons (Fsp3) is 0.684. The van der Waals surface area contributed by atoms with Crippen molar-refractivity contribution in [2.75, 3.05) is 26.2 Å². The molecular formula is C19H29FN2. The van der Waals surface area contributed by atoms with Crippen molar-refractivity contribution in [2.24, 2.45) is 5.92 Å². The highest BCUT2D eigenvalue weighted by molar-refractivity contribution is 5.16. The van der Waals surface area contributed by atoms with Gasteiger partial charge in [-0.1, -0.05) is 25.0 Å². The van der Waals surface area contributed by atoms with E-state index in [1.54, 1.807) is 12.1 Å². The molecular weight excluding hydrogens is 275 g/mol. The molecule has 0 aromatic heterocycles. The molecule has 1 aliphatic carbocycles. The molecule has 2 aliphatic rings. The van der Waals surface area contributed by atoms with Gasteiger partial charge in [0.1, 0.15) is 5.82 Å². The lowest BCUT2D eigenvalue weighted by molar-refractivity contribution is 0.154. The summed E-state index contributed by atoms with van der Waals surface area (Å²) in [5.74, 6) is 0.723. The van der Waals surface area contributed by atoms with E-state index in [2.05, 4.69) is 10.2 Å². The first-order valence-corrected chi connectivity index (χ1v) is 9.00. The van der Waals surface area contributed by atoms with Crippen LogP contribution in [0.25, 0.3) is 0 Å². The van der Waals surface area contributed by atoms with E-state index in [0.29, 0.717) is 0 Å². The maximum atomic E-state index is 13.0. The van der Waals surface area contributed by atoms with E-state index in [9.17, 15) is 4.39 Å². The van der Waals surface area contributed by atoms with Crippen molar-refractivity contribution in [3.05, 3.63) is 35.6 Å². The van der Waals surface area contributed by atoms with Crippen molar-refractivity contribution < 1.29 is 4.39 Å². The lowest BCUT2D eigenvalue weighted by Gasteiger charge is -2.34. The summed E-state index contributed by atoms with van der Waals surface area (Å²) in [7, 11) is 0. The molecule has 1 aromatic carbocycles. The Morgan fingerprint density at radius 3 is 2.36 bits per heavy atom. The third kappa shape index (κ3) is 4.53. The maximum Gasteiger partial charge on any atom is 0.123 e. The van der Waals surface area contributed by atoms with E-state index < -0.39 is 0 Å². The van der Waals surface area contributed by atoms with E-state index in [4.69, 9.17) is 0 Å². The van der Waals surface area contributed by atoms with Crippen LogP contribution >= 0.6 is 0 Å². The van der Waals surface area contributed by atoms with Crippen LogP contribution in [-0.2, 0) is 6.42 Å². The van der Waals surface area contributed by atoms with Crippen LogP contribution in [0.5, 0.6) is 0 Å². The summed E-state index contributed by atoms with van der Waals surface area (Å²) in [5.41, 5.74) is 1.26. The second-order valence-electron chi connectivity index (χ2n) is 7.00. The molecule has 0 amide bonds. The second kappa shape index (κ2) is 8.07. The molecule has 2 nitrogen and oxygen atoms in total. The average Bonchev–Trinajstić information content (AvgIpc) is 3.08. The maximum absolute atomic E-state index is 13.0. The Balaban J connectivity index is 1.56. The smallest absolute Gasteiger partial charge is 0.123 e. The fourth-order valence-electron chi connectivity index (χ4n) is 4.01. The Kier molecular flexibility index (Phi) is 5.85. The van der Waals surface area contributed by atoms with Crippen molar-refractivity contribution in [3.8, 4) is 0 Å². The number of halogens is 1. The van der Waals surface area contributed by atoms with Crippen molar-refractivity contribution in [1.82, 2.24) is 10.2 Å². The highest BCUT2D eigenvalue weighted by Crippen LogP contribution is 2.26. The predicted octanol–water partition coefficient (Wildman–Crippen LogP) is 3.61. The minimum Gasteiger partial charge on any atom is -0.317 e. The summed E-state index contributed by atoms with van der Waals surface area (Å²) in [4.78, 5) is 2.74. The van der Waals surface area contributed by atoms with E-state index >= 15 is 0 Å². The first-order chi connectivity index (χ1) is 10.8. The largest absolute Gasteiger partial charge is 0.317 e. The van der Waals surface area contributed by atoms with E-state index in [1.165, 1.54) is 63.7 Å². The molecule has 1 aliphatic heterocycles. The summed E-state index contributed by atoms with van der Waals surface area (Å²) in [6.07, 6.45) is 9.21. The highest BCUT2D eigenvalue weighted by Gasteiger charge is 2.25. The molecule has 3 heteroatoms. The predicted molar refractivity (Wildman–Crippen MR) is 89.5 cm³/mol. The van der Waals surface area contributed by atoms with Gasteiger partial charge in [-0.05, 0) is 68.8 Å². The van der Waals surface area contributed by atoms with Crippen LogP contribution in [0.15, 0.2) is 24.3 Å². The molecule has 1 N–H and O–H groups in total. The second-order valence-corrected chi connectivity index (χ2v) is 7.00. The van der Waals surface area contributed by atoms with Crippen molar-refractivity contribution in [1.29, 1.82) is 0 Å². The van der Waals surface area contributed by atoms with E-state index in [0.717, 1.165) is 24.9 Å². The molecule has 1 aromatic rings. The molecule has 22 heavy (non-hydrogen) atoms. The van der Waals surface area contributed by atoms with Gasteiger partial charge in [0.2, 0.25) is 0 Å². The molecule has 1 saturated heterocycles. The molecule has 0 bridgehead atoms. The van der Waals surface area contributed by atoms with Crippen LogP contribution in [-0.4, -0.2) is 37.1 Å². The van der Waals surface area contributed by atoms with Gasteiger partial charge in [-0.25, -0.2) is 4.39 Å². The molecule has 0 unspecified atom stereocenters. The Hall–Kier alpha value is -0.930. The molecule has 0 radical (unpaired) electrons. The van der Waals surface area contributed by atoms with Gasteiger partial charge in [0, 0.05) is 19.1 Å². The van der Waals surface area contributed by atoms with Gasteiger partial charge in [-0.15, -0.1) is 0 Å². The summed E-state index contributed by atoms with van der Waals surface area (Å²) in [6, 6.07) is 7.83. The SMILES string of the molecule is Fc1ccc(CCN(CC2CCNCC2)C2CCCC2)cc1. The molecule has 122 valence electrons. The van der Waals surface area contributed by atoms with Crippen LogP contribution in [0, 0.1) is 11.7 Å². The lowest BCUT2D eigenvalue weighted by atomic mass is 9.96. The van der Waals surface area contributed by atoms with Crippen LogP contribution < -0.4 is 5.32 Å². The Morgan fingerprint density at radius 2 is 1.68 bits per heavy atom. The first-order valence-electron chi connectivity index (χ1n) is 9.00. The number of nitrogens with one attached hydrogen (secondary N) is 1. The number of rotatable bonds is 6. The number of hydrogen-bond donors (Lipinski definition) is 1. The van der Waals surface area contributed by atoms with Gasteiger partial charge < -0.3 is 5.32 Å². The van der Waals surface area contributed by atoms with Gasteiger partial charge in [-0.3, -0.25) is 4.90 Å². The quantitative estimate of drug-likeness (QED) is 0.863. The van der Waals surface area contributed by atoms with Crippen molar-refractivity contribution >= 4 is 0 Å². The van der Waals surface area contributed by atoms with Gasteiger partial charge in [0.05, 0.1) is 0 Å². The zero-order valence-corrected chi connectivity index (χ0v) is 13.6. The molecule has 1 saturated carbocycles. The number of benzene rings is 1. The Morgan fingerprint density at radius 1 is 1.00 bits per heavy atom. The van der Waals surface area contributed by atoms with Crippen LogP contribution in [0.4, 0.5) is 4.39 Å². The van der Waals surface area contributed by atoms with Gasteiger partial charge in [0.25, 0.3) is 0 Å². The Labute approximate surface area is 134 Å². The normalized spacial score (nSPS) is 20.8. The van der Waals surface area contributed by atoms with E-state index in [-0.39, 0.29) is 5.82 Å². The molecule has 0 atom stereocenters. The summed E-state index contributed by atoms with van der Waals surface area (Å²) in [6.45, 7) is 4.75. The summed E-state index contributed by atoms with van der Waals surface area (Å²) < 4.78 is 13.0. The fourth-order valence-corrected chi connectivity index (χ4v) is 4.01. The van der Waals surface area contributed by atoms with Crippen molar-refractivity contribution in [3.63, 3.8) is 0 Å². The third-order valence-electron chi connectivity index (χ3n) is 5.39. The molecule has 1 heterocycles. The number of nitrogens with zero attached hydrogens (tertiary/aromatic N) is 1. The van der Waals surface area contributed by atoms with Gasteiger partial charge >= 0.3 is 0 Å². The van der Waals surface area contributed by atoms with Crippen LogP contribution in [0.1, 0.15) is 44.1 Å². The van der Waals surface area contributed by atoms with Crippen molar-refractivity contribution in [2.45, 2.75) is 51.0 Å². The van der Waals surface area contributed by atoms with Gasteiger partial charge in [-0.2, -0.15) is 0 Å². The monoisotopic (exact) mass is 304 g/mol. The topological polar surface area (TPSA) is 15.3 Å². The standard InChI is InChI=1S/C19H29FN2/c20-18-7-5-16(6-8-18)11-14-22(19-3-1-2-4-19)15-17-9-12-21-13-10-17/h5-8,17,19,21H,1-4,9-15H2. The zero-order valence-electron chi connectivity index (χ0n) is 13.6. The highest BCUT2D eigenvalue weighted by atomic mass is 19.1. The molecule has 0 spiro atoms. The lowest BCUT2D eigenvalue weighted by Crippen LogP contribution is -2.41. The van der Waals surface area contributed by atoms with E-state index in [1.807, 2.05) is 12.1 Å². The third-order valence-corrected chi connectivity index (χ3v) is 5.39. The summed E-state index contributed by atoms with van der Waals surface area (Å²) in [5, 5.41) is 3.47. The average molecular weight is 304 g/mol. The first kappa shape index (κ1) is 15.9. The van der Waals surface area contributed by atoms with Crippen LogP contribution in [0.3, 0.4) is 0 Å². The minimum atomic E-state index is -0.133.